The number of anilines is 1. The number of aromatic nitrogens is 2. The molecule has 16 heavy (non-hydrogen) atoms. The molecule has 8 heteroatoms. The highest BCUT2D eigenvalue weighted by Gasteiger charge is 2.31. The first kappa shape index (κ1) is 12.7. The van der Waals surface area contributed by atoms with Crippen LogP contribution < -0.4 is 5.32 Å². The predicted octanol–water partition coefficient (Wildman–Crippen LogP) is 2.33. The third-order valence-electron chi connectivity index (χ3n) is 1.44. The van der Waals surface area contributed by atoms with Gasteiger partial charge in [-0.25, -0.2) is 9.97 Å². The standard InChI is InChI=1S/C8H7ClF3N3O/c1-4-2-5(9)14-7(13-4)15-6(16)3-8(10,11)12/h2H,3H2,1H3,(H,13,14,15,16). The second-order valence-corrected chi connectivity index (χ2v) is 3.38. The van der Waals surface area contributed by atoms with Crippen LogP contribution in [-0.4, -0.2) is 22.1 Å². The van der Waals surface area contributed by atoms with Crippen molar-refractivity contribution in [3.05, 3.63) is 16.9 Å². The van der Waals surface area contributed by atoms with Gasteiger partial charge < -0.3 is 0 Å². The normalized spacial score (nSPS) is 11.3. The molecule has 0 saturated heterocycles. The van der Waals surface area contributed by atoms with Crippen LogP contribution in [0.4, 0.5) is 19.1 Å². The number of carbonyl (C=O) groups excluding carboxylic acids is 1. The second-order valence-electron chi connectivity index (χ2n) is 3.00. The van der Waals surface area contributed by atoms with Gasteiger partial charge in [-0.1, -0.05) is 11.6 Å². The van der Waals surface area contributed by atoms with Crippen molar-refractivity contribution in [2.45, 2.75) is 19.5 Å². The van der Waals surface area contributed by atoms with Gasteiger partial charge in [0.25, 0.3) is 0 Å². The van der Waals surface area contributed by atoms with Gasteiger partial charge in [0.2, 0.25) is 11.9 Å². The largest absolute Gasteiger partial charge is 0.397 e. The number of carbonyl (C=O) groups is 1. The molecule has 1 rings (SSSR count). The maximum atomic E-state index is 11.8. The molecule has 1 heterocycles. The number of hydrogen-bond donors (Lipinski definition) is 1. The van der Waals surface area contributed by atoms with Crippen molar-refractivity contribution in [2.75, 3.05) is 5.32 Å². The van der Waals surface area contributed by atoms with E-state index >= 15 is 0 Å². The molecule has 0 aliphatic rings. The Hall–Kier alpha value is -1.37. The minimum absolute atomic E-state index is 0.0507. The summed E-state index contributed by atoms with van der Waals surface area (Å²) in [4.78, 5) is 18.2. The summed E-state index contributed by atoms with van der Waals surface area (Å²) in [6.45, 7) is 1.58. The third kappa shape index (κ3) is 4.43. The molecule has 88 valence electrons. The monoisotopic (exact) mass is 253 g/mol. The van der Waals surface area contributed by atoms with Crippen molar-refractivity contribution in [1.82, 2.24) is 9.97 Å². The second kappa shape index (κ2) is 4.65. The Balaban J connectivity index is 2.70. The fourth-order valence-corrected chi connectivity index (χ4v) is 1.17. The van der Waals surface area contributed by atoms with Gasteiger partial charge in [0.1, 0.15) is 11.6 Å². The number of amides is 1. The molecule has 1 aromatic rings. The number of halogens is 4. The molecule has 0 spiro atoms. The molecule has 0 atom stereocenters. The van der Waals surface area contributed by atoms with E-state index in [9.17, 15) is 18.0 Å². The lowest BCUT2D eigenvalue weighted by Crippen LogP contribution is -2.22. The average Bonchev–Trinajstić information content (AvgIpc) is 1.96. The Morgan fingerprint density at radius 1 is 1.50 bits per heavy atom. The van der Waals surface area contributed by atoms with Gasteiger partial charge in [-0.05, 0) is 13.0 Å². The minimum Gasteiger partial charge on any atom is -0.294 e. The van der Waals surface area contributed by atoms with Crippen LogP contribution in [0.3, 0.4) is 0 Å². The van der Waals surface area contributed by atoms with Crippen LogP contribution >= 0.6 is 11.6 Å². The zero-order valence-corrected chi connectivity index (χ0v) is 8.85. The van der Waals surface area contributed by atoms with Gasteiger partial charge in [0.05, 0.1) is 0 Å². The van der Waals surface area contributed by atoms with Crippen molar-refractivity contribution in [2.24, 2.45) is 0 Å². The molecule has 0 aliphatic heterocycles. The quantitative estimate of drug-likeness (QED) is 0.823. The van der Waals surface area contributed by atoms with Gasteiger partial charge >= 0.3 is 6.18 Å². The molecule has 1 N–H and O–H groups in total. The highest BCUT2D eigenvalue weighted by Crippen LogP contribution is 2.20. The number of aryl methyl sites for hydroxylation is 1. The molecule has 0 aromatic carbocycles. The van der Waals surface area contributed by atoms with Crippen molar-refractivity contribution in [3.8, 4) is 0 Å². The fraction of sp³-hybridized carbons (Fsp3) is 0.375. The van der Waals surface area contributed by atoms with Crippen molar-refractivity contribution < 1.29 is 18.0 Å². The van der Waals surface area contributed by atoms with Crippen LogP contribution in [0.2, 0.25) is 5.15 Å². The predicted molar refractivity (Wildman–Crippen MR) is 51.1 cm³/mol. The van der Waals surface area contributed by atoms with Crippen molar-refractivity contribution in [3.63, 3.8) is 0 Å². The molecule has 0 aliphatic carbocycles. The van der Waals surface area contributed by atoms with Crippen LogP contribution in [0, 0.1) is 6.92 Å². The van der Waals surface area contributed by atoms with E-state index in [0.717, 1.165) is 0 Å². The Morgan fingerprint density at radius 2 is 2.12 bits per heavy atom. The van der Waals surface area contributed by atoms with Gasteiger partial charge in [-0.2, -0.15) is 13.2 Å². The first-order chi connectivity index (χ1) is 7.26. The molecule has 1 aromatic heterocycles. The number of rotatable bonds is 2. The summed E-state index contributed by atoms with van der Waals surface area (Å²) < 4.78 is 35.5. The number of alkyl halides is 3. The summed E-state index contributed by atoms with van der Waals surface area (Å²) >= 11 is 5.54. The first-order valence-electron chi connectivity index (χ1n) is 4.14. The van der Waals surface area contributed by atoms with Crippen molar-refractivity contribution in [1.29, 1.82) is 0 Å². The lowest BCUT2D eigenvalue weighted by atomic mass is 10.4. The zero-order valence-electron chi connectivity index (χ0n) is 8.10. The van der Waals surface area contributed by atoms with Gasteiger partial charge in [0.15, 0.2) is 0 Å². The molecule has 0 unspecified atom stereocenters. The van der Waals surface area contributed by atoms with Crippen LogP contribution in [0.25, 0.3) is 0 Å². The molecule has 0 radical (unpaired) electrons. The molecule has 0 fully saturated rings. The lowest BCUT2D eigenvalue weighted by molar-refractivity contribution is -0.150. The van der Waals surface area contributed by atoms with E-state index in [1.54, 1.807) is 6.92 Å². The molecular formula is C8H7ClF3N3O. The number of nitrogens with zero attached hydrogens (tertiary/aromatic N) is 2. The highest BCUT2D eigenvalue weighted by molar-refractivity contribution is 6.29. The number of hydrogen-bond acceptors (Lipinski definition) is 3. The topological polar surface area (TPSA) is 54.9 Å². The van der Waals surface area contributed by atoms with Crippen molar-refractivity contribution >= 4 is 23.5 Å². The van der Waals surface area contributed by atoms with E-state index in [1.165, 1.54) is 6.07 Å². The molecule has 4 nitrogen and oxygen atoms in total. The molecule has 1 amide bonds. The SMILES string of the molecule is Cc1cc(Cl)nc(NC(=O)CC(F)(F)F)n1. The Bertz CT molecular complexity index is 388. The Morgan fingerprint density at radius 3 is 2.62 bits per heavy atom. The van der Waals surface area contributed by atoms with Crippen LogP contribution in [0.5, 0.6) is 0 Å². The summed E-state index contributed by atoms with van der Waals surface area (Å²) in [6, 6.07) is 1.42. The fourth-order valence-electron chi connectivity index (χ4n) is 0.937. The first-order valence-corrected chi connectivity index (χ1v) is 4.52. The summed E-state index contributed by atoms with van der Waals surface area (Å²) in [5.74, 6) is -1.46. The van der Waals surface area contributed by atoms with Crippen LogP contribution in [0.15, 0.2) is 6.07 Å². The summed E-state index contributed by atoms with van der Waals surface area (Å²) in [5.41, 5.74) is 0.447. The van der Waals surface area contributed by atoms with E-state index in [0.29, 0.717) is 5.69 Å². The van der Waals surface area contributed by atoms with E-state index in [2.05, 4.69) is 9.97 Å². The van der Waals surface area contributed by atoms with Crippen LogP contribution in [0.1, 0.15) is 12.1 Å². The Kier molecular flexibility index (Phi) is 3.69. The van der Waals surface area contributed by atoms with Gasteiger partial charge in [-0.15, -0.1) is 0 Å². The third-order valence-corrected chi connectivity index (χ3v) is 1.63. The van der Waals surface area contributed by atoms with E-state index < -0.39 is 18.5 Å². The highest BCUT2D eigenvalue weighted by atomic mass is 35.5. The Labute approximate surface area is 93.8 Å². The smallest absolute Gasteiger partial charge is 0.294 e. The van der Waals surface area contributed by atoms with E-state index in [4.69, 9.17) is 11.6 Å². The summed E-state index contributed by atoms with van der Waals surface area (Å²) in [5, 5.41) is 1.97. The maximum Gasteiger partial charge on any atom is 0.397 e. The summed E-state index contributed by atoms with van der Waals surface area (Å²) in [7, 11) is 0. The van der Waals surface area contributed by atoms with E-state index in [-0.39, 0.29) is 11.1 Å². The molecule has 0 saturated carbocycles. The van der Waals surface area contributed by atoms with E-state index in [1.807, 2.05) is 5.32 Å². The minimum atomic E-state index is -4.56. The number of nitrogens with one attached hydrogen (secondary N) is 1. The average molecular weight is 254 g/mol. The maximum absolute atomic E-state index is 11.8. The van der Waals surface area contributed by atoms with Gasteiger partial charge in [0, 0.05) is 5.69 Å². The zero-order chi connectivity index (χ0) is 12.3. The van der Waals surface area contributed by atoms with Gasteiger partial charge in [-0.3, -0.25) is 10.1 Å². The lowest BCUT2D eigenvalue weighted by Gasteiger charge is -2.06. The van der Waals surface area contributed by atoms with Crippen LogP contribution in [-0.2, 0) is 4.79 Å². The summed E-state index contributed by atoms with van der Waals surface area (Å²) in [6.07, 6.45) is -6.14. The molecular weight excluding hydrogens is 247 g/mol. The molecule has 0 bridgehead atoms.